The van der Waals surface area contributed by atoms with E-state index in [1.807, 2.05) is 24.3 Å². The zero-order valence-electron chi connectivity index (χ0n) is 14.4. The van der Waals surface area contributed by atoms with Gasteiger partial charge in [0.2, 0.25) is 0 Å². The predicted octanol–water partition coefficient (Wildman–Crippen LogP) is 4.43. The molecule has 3 nitrogen and oxygen atoms in total. The first-order valence-electron chi connectivity index (χ1n) is 8.12. The number of para-hydroxylation sites is 2. The monoisotopic (exact) mass is 311 g/mol. The lowest BCUT2D eigenvalue weighted by Crippen LogP contribution is -2.37. The lowest BCUT2D eigenvalue weighted by Gasteiger charge is -2.32. The lowest BCUT2D eigenvalue weighted by atomic mass is 10.0. The summed E-state index contributed by atoms with van der Waals surface area (Å²) < 4.78 is 11.9. The molecule has 1 atom stereocenters. The zero-order valence-corrected chi connectivity index (χ0v) is 14.4. The maximum absolute atomic E-state index is 6.06. The quantitative estimate of drug-likeness (QED) is 0.837. The minimum Gasteiger partial charge on any atom is -0.485 e. The minimum atomic E-state index is -0.0423. The molecule has 2 aromatic carbocycles. The highest BCUT2D eigenvalue weighted by Gasteiger charge is 2.22. The van der Waals surface area contributed by atoms with Gasteiger partial charge in [0.1, 0.15) is 6.61 Å². The van der Waals surface area contributed by atoms with Gasteiger partial charge in [-0.3, -0.25) is 4.90 Å². The molecule has 0 amide bonds. The molecule has 0 saturated carbocycles. The van der Waals surface area contributed by atoms with Crippen LogP contribution in [0.25, 0.3) is 0 Å². The van der Waals surface area contributed by atoms with Crippen molar-refractivity contribution >= 4 is 0 Å². The predicted molar refractivity (Wildman–Crippen MR) is 93.0 cm³/mol. The van der Waals surface area contributed by atoms with Crippen molar-refractivity contribution in [3.05, 3.63) is 59.7 Å². The van der Waals surface area contributed by atoms with Crippen LogP contribution in [0.4, 0.5) is 0 Å². The molecule has 0 aliphatic carbocycles. The van der Waals surface area contributed by atoms with Gasteiger partial charge in [-0.15, -0.1) is 0 Å². The smallest absolute Gasteiger partial charge is 0.162 e. The summed E-state index contributed by atoms with van der Waals surface area (Å²) >= 11 is 0. The zero-order chi connectivity index (χ0) is 16.4. The van der Waals surface area contributed by atoms with Gasteiger partial charge < -0.3 is 9.47 Å². The standard InChI is InChI=1S/C20H25NO2/c1-20(2,3)21(4)13-15-9-11-16(12-10-15)19-14-22-17-7-5-6-8-18(17)23-19/h5-12,19H,13-14H2,1-4H3/t19-/m1/s1. The van der Waals surface area contributed by atoms with Gasteiger partial charge in [0.05, 0.1) is 0 Å². The molecule has 0 saturated heterocycles. The number of fused-ring (bicyclic) bond motifs is 1. The molecule has 2 aromatic rings. The summed E-state index contributed by atoms with van der Waals surface area (Å²) in [5.41, 5.74) is 2.63. The van der Waals surface area contributed by atoms with E-state index in [-0.39, 0.29) is 11.6 Å². The molecule has 23 heavy (non-hydrogen) atoms. The number of rotatable bonds is 3. The molecule has 0 aromatic heterocycles. The Labute approximate surface area is 138 Å². The molecule has 1 heterocycles. The van der Waals surface area contributed by atoms with Crippen LogP contribution < -0.4 is 9.47 Å². The lowest BCUT2D eigenvalue weighted by molar-refractivity contribution is 0.0912. The average molecular weight is 311 g/mol. The normalized spacial score (nSPS) is 17.3. The maximum atomic E-state index is 6.06. The molecule has 0 N–H and O–H groups in total. The fourth-order valence-corrected chi connectivity index (χ4v) is 2.53. The van der Waals surface area contributed by atoms with E-state index in [2.05, 4.69) is 57.0 Å². The SMILES string of the molecule is CN(Cc1ccc([C@H]2COc3ccccc3O2)cc1)C(C)(C)C. The molecular weight excluding hydrogens is 286 g/mol. The van der Waals surface area contributed by atoms with Gasteiger partial charge >= 0.3 is 0 Å². The van der Waals surface area contributed by atoms with Crippen LogP contribution in [-0.2, 0) is 6.54 Å². The summed E-state index contributed by atoms with van der Waals surface area (Å²) in [5.74, 6) is 1.65. The van der Waals surface area contributed by atoms with Crippen molar-refractivity contribution in [3.63, 3.8) is 0 Å². The second kappa shape index (κ2) is 6.25. The van der Waals surface area contributed by atoms with E-state index < -0.39 is 0 Å². The molecule has 1 aliphatic heterocycles. The summed E-state index contributed by atoms with van der Waals surface area (Å²) in [5, 5.41) is 0. The first-order chi connectivity index (χ1) is 10.9. The largest absolute Gasteiger partial charge is 0.485 e. The van der Waals surface area contributed by atoms with Crippen LogP contribution in [0.2, 0.25) is 0 Å². The number of hydrogen-bond donors (Lipinski definition) is 0. The summed E-state index contributed by atoms with van der Waals surface area (Å²) in [6, 6.07) is 16.5. The van der Waals surface area contributed by atoms with Crippen LogP contribution in [-0.4, -0.2) is 24.1 Å². The van der Waals surface area contributed by atoms with Crippen LogP contribution in [0.15, 0.2) is 48.5 Å². The molecule has 0 spiro atoms. The van der Waals surface area contributed by atoms with Crippen molar-refractivity contribution < 1.29 is 9.47 Å². The summed E-state index contributed by atoms with van der Waals surface area (Å²) in [4.78, 5) is 2.35. The highest BCUT2D eigenvalue weighted by atomic mass is 16.6. The van der Waals surface area contributed by atoms with Gasteiger partial charge in [0.15, 0.2) is 17.6 Å². The highest BCUT2D eigenvalue weighted by molar-refractivity contribution is 5.41. The van der Waals surface area contributed by atoms with Gasteiger partial charge in [-0.25, -0.2) is 0 Å². The molecule has 0 radical (unpaired) electrons. The number of ether oxygens (including phenoxy) is 2. The first kappa shape index (κ1) is 15.9. The van der Waals surface area contributed by atoms with Gasteiger partial charge in [-0.2, -0.15) is 0 Å². The third-order valence-electron chi connectivity index (χ3n) is 4.43. The Morgan fingerprint density at radius 1 is 1.00 bits per heavy atom. The molecule has 1 aliphatic rings. The van der Waals surface area contributed by atoms with E-state index in [0.29, 0.717) is 6.61 Å². The first-order valence-corrected chi connectivity index (χ1v) is 8.12. The van der Waals surface area contributed by atoms with E-state index in [0.717, 1.165) is 23.6 Å². The van der Waals surface area contributed by atoms with Crippen molar-refractivity contribution in [2.24, 2.45) is 0 Å². The Morgan fingerprint density at radius 3 is 2.30 bits per heavy atom. The second-order valence-corrected chi connectivity index (χ2v) is 7.13. The number of hydrogen-bond acceptors (Lipinski definition) is 3. The van der Waals surface area contributed by atoms with E-state index >= 15 is 0 Å². The van der Waals surface area contributed by atoms with Crippen molar-refractivity contribution in [1.29, 1.82) is 0 Å². The molecule has 0 fully saturated rings. The highest BCUT2D eigenvalue weighted by Crippen LogP contribution is 2.35. The second-order valence-electron chi connectivity index (χ2n) is 7.13. The molecule has 3 heteroatoms. The van der Waals surface area contributed by atoms with Crippen molar-refractivity contribution in [1.82, 2.24) is 4.90 Å². The molecule has 0 bridgehead atoms. The Hall–Kier alpha value is -2.00. The van der Waals surface area contributed by atoms with Gasteiger partial charge in [-0.1, -0.05) is 36.4 Å². The third-order valence-corrected chi connectivity index (χ3v) is 4.43. The average Bonchev–Trinajstić information content (AvgIpc) is 2.54. The Kier molecular flexibility index (Phi) is 4.31. The van der Waals surface area contributed by atoms with Gasteiger partial charge in [0.25, 0.3) is 0 Å². The van der Waals surface area contributed by atoms with E-state index in [1.165, 1.54) is 5.56 Å². The molecular formula is C20H25NO2. The minimum absolute atomic E-state index is 0.0423. The topological polar surface area (TPSA) is 21.7 Å². The van der Waals surface area contributed by atoms with Crippen LogP contribution in [0.3, 0.4) is 0 Å². The van der Waals surface area contributed by atoms with Crippen molar-refractivity contribution in [3.8, 4) is 11.5 Å². The summed E-state index contributed by atoms with van der Waals surface area (Å²) in [7, 11) is 2.16. The van der Waals surface area contributed by atoms with Crippen molar-refractivity contribution in [2.45, 2.75) is 39.0 Å². The maximum Gasteiger partial charge on any atom is 0.162 e. The summed E-state index contributed by atoms with van der Waals surface area (Å²) in [6.45, 7) is 8.18. The van der Waals surface area contributed by atoms with Crippen LogP contribution in [0.1, 0.15) is 38.0 Å². The van der Waals surface area contributed by atoms with Crippen molar-refractivity contribution in [2.75, 3.05) is 13.7 Å². The molecule has 3 rings (SSSR count). The Morgan fingerprint density at radius 2 is 1.65 bits per heavy atom. The van der Waals surface area contributed by atoms with Gasteiger partial charge in [-0.05, 0) is 51.1 Å². The van der Waals surface area contributed by atoms with E-state index in [1.54, 1.807) is 0 Å². The van der Waals surface area contributed by atoms with E-state index in [9.17, 15) is 0 Å². The molecule has 0 unspecified atom stereocenters. The Bertz CT molecular complexity index is 658. The van der Waals surface area contributed by atoms with Gasteiger partial charge in [0, 0.05) is 12.1 Å². The fraction of sp³-hybridized carbons (Fsp3) is 0.400. The number of benzene rings is 2. The third kappa shape index (κ3) is 3.67. The van der Waals surface area contributed by atoms with E-state index in [4.69, 9.17) is 9.47 Å². The fourth-order valence-electron chi connectivity index (χ4n) is 2.53. The van der Waals surface area contributed by atoms with Crippen LogP contribution in [0, 0.1) is 0 Å². The number of nitrogens with zero attached hydrogens (tertiary/aromatic N) is 1. The van der Waals surface area contributed by atoms with Crippen LogP contribution >= 0.6 is 0 Å². The summed E-state index contributed by atoms with van der Waals surface area (Å²) in [6.07, 6.45) is -0.0423. The molecule has 122 valence electrons. The Balaban J connectivity index is 1.69. The van der Waals surface area contributed by atoms with Crippen LogP contribution in [0.5, 0.6) is 11.5 Å².